The lowest BCUT2D eigenvalue weighted by Crippen LogP contribution is -2.23. The van der Waals surface area contributed by atoms with Gasteiger partial charge in [0.05, 0.1) is 13.0 Å². The van der Waals surface area contributed by atoms with Crippen LogP contribution in [-0.4, -0.2) is 51.0 Å². The third kappa shape index (κ3) is 6.36. The molecular weight excluding hydrogens is 416 g/mol. The van der Waals surface area contributed by atoms with Crippen molar-refractivity contribution in [2.75, 3.05) is 14.1 Å². The van der Waals surface area contributed by atoms with Gasteiger partial charge in [-0.3, -0.25) is 14.6 Å². The lowest BCUT2D eigenvalue weighted by atomic mass is 10.0. The van der Waals surface area contributed by atoms with Crippen molar-refractivity contribution in [2.24, 2.45) is 0 Å². The minimum Gasteiger partial charge on any atom is -0.483 e. The van der Waals surface area contributed by atoms with Crippen LogP contribution in [0.5, 0.6) is 0 Å². The summed E-state index contributed by atoms with van der Waals surface area (Å²) in [7, 11) is 3.56. The maximum absolute atomic E-state index is 11.9. The molecular formula is C26H26N4O3. The number of rotatable bonds is 6. The Hall–Kier alpha value is -4.26. The Kier molecular flexibility index (Phi) is 8.07. The zero-order chi connectivity index (χ0) is 23.6. The van der Waals surface area contributed by atoms with Crippen LogP contribution in [-0.2, 0) is 22.6 Å². The number of hydrogen-bond donors (Lipinski definition) is 1. The summed E-state index contributed by atoms with van der Waals surface area (Å²) in [6, 6.07) is 20.6. The van der Waals surface area contributed by atoms with Gasteiger partial charge in [-0.25, -0.2) is 4.98 Å². The molecule has 0 atom stereocenters. The lowest BCUT2D eigenvalue weighted by Gasteiger charge is -2.11. The van der Waals surface area contributed by atoms with Gasteiger partial charge in [-0.1, -0.05) is 54.6 Å². The van der Waals surface area contributed by atoms with Gasteiger partial charge >= 0.3 is 0 Å². The molecule has 2 aromatic heterocycles. The predicted octanol–water partition coefficient (Wildman–Crippen LogP) is 3.99. The molecule has 0 saturated carbocycles. The molecule has 0 spiro atoms. The number of nitrogens with zero attached hydrogens (tertiary/aromatic N) is 4. The SMILES string of the molecule is CN(C)C(=O)Cc1ccc(-c2ccc(-c3nccn3Cc3cccnc3)cc2)cc1.O=CO. The van der Waals surface area contributed by atoms with Crippen molar-refractivity contribution in [1.29, 1.82) is 0 Å². The fraction of sp³-hybridized carbons (Fsp3) is 0.154. The topological polar surface area (TPSA) is 88.3 Å². The van der Waals surface area contributed by atoms with Crippen LogP contribution in [0, 0.1) is 0 Å². The fourth-order valence-electron chi connectivity index (χ4n) is 3.34. The van der Waals surface area contributed by atoms with Gasteiger partial charge in [0.15, 0.2) is 0 Å². The van der Waals surface area contributed by atoms with Crippen LogP contribution in [0.15, 0.2) is 85.5 Å². The zero-order valence-corrected chi connectivity index (χ0v) is 18.6. The molecule has 33 heavy (non-hydrogen) atoms. The molecule has 0 radical (unpaired) electrons. The molecule has 0 fully saturated rings. The zero-order valence-electron chi connectivity index (χ0n) is 18.6. The molecule has 0 bridgehead atoms. The van der Waals surface area contributed by atoms with Crippen molar-refractivity contribution < 1.29 is 14.7 Å². The average Bonchev–Trinajstić information content (AvgIpc) is 3.29. The highest BCUT2D eigenvalue weighted by molar-refractivity contribution is 5.78. The normalized spacial score (nSPS) is 10.1. The first-order valence-corrected chi connectivity index (χ1v) is 10.4. The number of likely N-dealkylation sites (N-methyl/N-ethyl adjacent to an activating group) is 1. The van der Waals surface area contributed by atoms with E-state index in [0.29, 0.717) is 6.42 Å². The van der Waals surface area contributed by atoms with E-state index in [9.17, 15) is 4.79 Å². The molecule has 2 aromatic carbocycles. The number of aromatic nitrogens is 3. The van der Waals surface area contributed by atoms with Crippen molar-refractivity contribution in [2.45, 2.75) is 13.0 Å². The molecule has 0 aliphatic rings. The van der Waals surface area contributed by atoms with Crippen molar-refractivity contribution in [3.63, 3.8) is 0 Å². The maximum Gasteiger partial charge on any atom is 0.290 e. The van der Waals surface area contributed by atoms with Crippen LogP contribution in [0.25, 0.3) is 22.5 Å². The monoisotopic (exact) mass is 442 g/mol. The van der Waals surface area contributed by atoms with Gasteiger partial charge in [0.1, 0.15) is 5.82 Å². The molecule has 0 aliphatic heterocycles. The van der Waals surface area contributed by atoms with E-state index in [2.05, 4.69) is 57.0 Å². The maximum atomic E-state index is 11.9. The number of carbonyl (C=O) groups is 2. The molecule has 1 N–H and O–H groups in total. The van der Waals surface area contributed by atoms with E-state index >= 15 is 0 Å². The number of amides is 1. The summed E-state index contributed by atoms with van der Waals surface area (Å²) in [6.45, 7) is 0.484. The molecule has 4 aromatic rings. The van der Waals surface area contributed by atoms with Gasteiger partial charge in [-0.05, 0) is 28.3 Å². The van der Waals surface area contributed by atoms with E-state index in [1.165, 1.54) is 0 Å². The first kappa shape index (κ1) is 23.4. The van der Waals surface area contributed by atoms with Crippen molar-refractivity contribution in [3.05, 3.63) is 96.6 Å². The Labute approximate surface area is 193 Å². The highest BCUT2D eigenvalue weighted by Gasteiger charge is 2.09. The molecule has 0 saturated heterocycles. The van der Waals surface area contributed by atoms with E-state index in [4.69, 9.17) is 9.90 Å². The summed E-state index contributed by atoms with van der Waals surface area (Å²) >= 11 is 0. The first-order chi connectivity index (χ1) is 16.0. The smallest absolute Gasteiger partial charge is 0.290 e. The van der Waals surface area contributed by atoms with Gasteiger partial charge in [0.25, 0.3) is 6.47 Å². The molecule has 4 rings (SSSR count). The van der Waals surface area contributed by atoms with Gasteiger partial charge in [0.2, 0.25) is 5.91 Å². The molecule has 0 aliphatic carbocycles. The minimum absolute atomic E-state index is 0.105. The predicted molar refractivity (Wildman–Crippen MR) is 128 cm³/mol. The third-order valence-corrected chi connectivity index (χ3v) is 5.08. The van der Waals surface area contributed by atoms with Crippen LogP contribution in [0.3, 0.4) is 0 Å². The Balaban J connectivity index is 0.000000968. The third-order valence-electron chi connectivity index (χ3n) is 5.08. The van der Waals surface area contributed by atoms with Crippen LogP contribution >= 0.6 is 0 Å². The summed E-state index contributed by atoms with van der Waals surface area (Å²) in [6.07, 6.45) is 7.90. The summed E-state index contributed by atoms with van der Waals surface area (Å²) in [5, 5.41) is 6.89. The Morgan fingerprint density at radius 2 is 1.55 bits per heavy atom. The number of hydrogen-bond acceptors (Lipinski definition) is 4. The number of benzene rings is 2. The van der Waals surface area contributed by atoms with Crippen molar-refractivity contribution in [1.82, 2.24) is 19.4 Å². The number of pyridine rings is 1. The summed E-state index contributed by atoms with van der Waals surface area (Å²) < 4.78 is 2.13. The average molecular weight is 443 g/mol. The van der Waals surface area contributed by atoms with Gasteiger partial charge < -0.3 is 14.6 Å². The minimum atomic E-state index is -0.250. The second-order valence-electron chi connectivity index (χ2n) is 7.58. The van der Waals surface area contributed by atoms with E-state index in [-0.39, 0.29) is 12.4 Å². The second kappa shape index (κ2) is 11.4. The summed E-state index contributed by atoms with van der Waals surface area (Å²) in [5.41, 5.74) is 5.49. The van der Waals surface area contributed by atoms with E-state index in [1.807, 2.05) is 36.8 Å². The van der Waals surface area contributed by atoms with Crippen LogP contribution in [0.2, 0.25) is 0 Å². The Bertz CT molecular complexity index is 1170. The number of imidazole rings is 1. The molecule has 2 heterocycles. The standard InChI is InChI=1S/C25H24N4O.CH2O2/c1-28(2)24(30)16-19-5-7-21(8-6-19)22-9-11-23(12-10-22)25-27-14-15-29(25)18-20-4-3-13-26-17-20;2-1-3/h3-15,17H,16,18H2,1-2H3;1H,(H,2,3). The molecule has 168 valence electrons. The quantitative estimate of drug-likeness (QED) is 0.456. The number of carbonyl (C=O) groups excluding carboxylic acids is 1. The van der Waals surface area contributed by atoms with Gasteiger partial charge in [-0.15, -0.1) is 0 Å². The molecule has 1 amide bonds. The van der Waals surface area contributed by atoms with Crippen LogP contribution in [0.4, 0.5) is 0 Å². The van der Waals surface area contributed by atoms with E-state index in [0.717, 1.165) is 40.2 Å². The lowest BCUT2D eigenvalue weighted by molar-refractivity contribution is -0.128. The highest BCUT2D eigenvalue weighted by atomic mass is 16.3. The van der Waals surface area contributed by atoms with E-state index < -0.39 is 0 Å². The molecule has 7 heteroatoms. The van der Waals surface area contributed by atoms with E-state index in [1.54, 1.807) is 25.2 Å². The van der Waals surface area contributed by atoms with Crippen LogP contribution in [0.1, 0.15) is 11.1 Å². The molecule has 7 nitrogen and oxygen atoms in total. The largest absolute Gasteiger partial charge is 0.483 e. The highest BCUT2D eigenvalue weighted by Crippen LogP contribution is 2.25. The van der Waals surface area contributed by atoms with Gasteiger partial charge in [-0.2, -0.15) is 0 Å². The Morgan fingerprint density at radius 3 is 2.12 bits per heavy atom. The Morgan fingerprint density at radius 1 is 0.939 bits per heavy atom. The van der Waals surface area contributed by atoms with Crippen molar-refractivity contribution >= 4 is 12.4 Å². The summed E-state index contributed by atoms with van der Waals surface area (Å²) in [4.78, 5) is 30.6. The first-order valence-electron chi connectivity index (χ1n) is 10.4. The second-order valence-corrected chi connectivity index (χ2v) is 7.58. The van der Waals surface area contributed by atoms with Crippen LogP contribution < -0.4 is 0 Å². The fourth-order valence-corrected chi connectivity index (χ4v) is 3.34. The van der Waals surface area contributed by atoms with Crippen molar-refractivity contribution in [3.8, 4) is 22.5 Å². The molecule has 0 unspecified atom stereocenters. The number of carboxylic acid groups (broad SMARTS) is 1. The van der Waals surface area contributed by atoms with Gasteiger partial charge in [0, 0.05) is 44.4 Å². The summed E-state index contributed by atoms with van der Waals surface area (Å²) in [5.74, 6) is 1.04.